The topological polar surface area (TPSA) is 59.8 Å². The summed E-state index contributed by atoms with van der Waals surface area (Å²) in [4.78, 5) is 0. The standard InChI is InChI=1S/C9H11F2NO4S/c10-9(11)6-12(3-5-15-7-9)17(13,14)8-2-1-4-16-8/h1-2,4H,3,5-7H2. The molecule has 96 valence electrons. The predicted molar refractivity (Wildman–Crippen MR) is 53.2 cm³/mol. The molecule has 0 saturated carbocycles. The Labute approximate surface area is 97.0 Å². The number of hydrogen-bond acceptors (Lipinski definition) is 4. The summed E-state index contributed by atoms with van der Waals surface area (Å²) in [5.41, 5.74) is 0. The summed E-state index contributed by atoms with van der Waals surface area (Å²) in [6.07, 6.45) is 1.18. The van der Waals surface area contributed by atoms with E-state index in [0.29, 0.717) is 4.31 Å². The molecule has 1 fully saturated rings. The van der Waals surface area contributed by atoms with E-state index in [-0.39, 0.29) is 18.2 Å². The molecule has 0 unspecified atom stereocenters. The van der Waals surface area contributed by atoms with Gasteiger partial charge in [0.1, 0.15) is 6.61 Å². The van der Waals surface area contributed by atoms with Crippen molar-refractivity contribution >= 4 is 10.0 Å². The van der Waals surface area contributed by atoms with Crippen molar-refractivity contribution in [2.45, 2.75) is 11.0 Å². The maximum atomic E-state index is 13.2. The molecule has 17 heavy (non-hydrogen) atoms. The van der Waals surface area contributed by atoms with E-state index in [4.69, 9.17) is 4.42 Å². The van der Waals surface area contributed by atoms with Crippen LogP contribution in [0.4, 0.5) is 8.78 Å². The van der Waals surface area contributed by atoms with Crippen LogP contribution in [0.1, 0.15) is 0 Å². The Morgan fingerprint density at radius 3 is 2.82 bits per heavy atom. The number of furan rings is 1. The molecule has 0 aromatic carbocycles. The van der Waals surface area contributed by atoms with Gasteiger partial charge in [-0.25, -0.2) is 17.2 Å². The van der Waals surface area contributed by atoms with Crippen LogP contribution in [0.3, 0.4) is 0 Å². The third kappa shape index (κ3) is 2.64. The second kappa shape index (κ2) is 4.35. The van der Waals surface area contributed by atoms with Gasteiger partial charge >= 0.3 is 0 Å². The Kier molecular flexibility index (Phi) is 3.19. The zero-order valence-corrected chi connectivity index (χ0v) is 9.62. The lowest BCUT2D eigenvalue weighted by atomic mass is 10.4. The third-order valence-electron chi connectivity index (χ3n) is 2.30. The van der Waals surface area contributed by atoms with Crippen LogP contribution in [-0.2, 0) is 14.8 Å². The summed E-state index contributed by atoms with van der Waals surface area (Å²) in [7, 11) is -4.01. The smallest absolute Gasteiger partial charge is 0.284 e. The molecule has 0 radical (unpaired) electrons. The van der Waals surface area contributed by atoms with Gasteiger partial charge in [-0.1, -0.05) is 0 Å². The number of sulfonamides is 1. The van der Waals surface area contributed by atoms with E-state index >= 15 is 0 Å². The van der Waals surface area contributed by atoms with E-state index in [1.165, 1.54) is 18.4 Å². The summed E-state index contributed by atoms with van der Waals surface area (Å²) in [6, 6.07) is 2.61. The van der Waals surface area contributed by atoms with Gasteiger partial charge in [0.2, 0.25) is 5.09 Å². The van der Waals surface area contributed by atoms with Gasteiger partial charge in [0.05, 0.1) is 19.4 Å². The van der Waals surface area contributed by atoms with E-state index in [2.05, 4.69) is 4.74 Å². The fraction of sp³-hybridized carbons (Fsp3) is 0.556. The minimum atomic E-state index is -4.01. The summed E-state index contributed by atoms with van der Waals surface area (Å²) < 4.78 is 60.4. The SMILES string of the molecule is O=S(=O)(c1ccco1)N1CCOCC(F)(F)C1. The first-order chi connectivity index (χ1) is 7.92. The molecular weight excluding hydrogens is 256 g/mol. The molecule has 1 aromatic rings. The number of alkyl halides is 2. The first-order valence-corrected chi connectivity index (χ1v) is 6.35. The minimum absolute atomic E-state index is 0.0600. The molecule has 0 N–H and O–H groups in total. The van der Waals surface area contributed by atoms with Gasteiger partial charge in [-0.15, -0.1) is 0 Å². The highest BCUT2D eigenvalue weighted by Crippen LogP contribution is 2.24. The van der Waals surface area contributed by atoms with Gasteiger partial charge in [-0.2, -0.15) is 4.31 Å². The summed E-state index contributed by atoms with van der Waals surface area (Å²) in [5, 5.41) is -0.338. The van der Waals surface area contributed by atoms with E-state index in [9.17, 15) is 17.2 Å². The van der Waals surface area contributed by atoms with E-state index < -0.39 is 29.1 Å². The molecule has 2 heterocycles. The maximum absolute atomic E-state index is 13.2. The number of hydrogen-bond donors (Lipinski definition) is 0. The van der Waals surface area contributed by atoms with Crippen molar-refractivity contribution in [1.29, 1.82) is 0 Å². The van der Waals surface area contributed by atoms with Crippen molar-refractivity contribution in [3.05, 3.63) is 18.4 Å². The number of ether oxygens (including phenoxy) is 1. The Morgan fingerprint density at radius 2 is 2.18 bits per heavy atom. The number of halogens is 2. The Balaban J connectivity index is 2.27. The Hall–Kier alpha value is -0.990. The van der Waals surface area contributed by atoms with E-state index in [0.717, 1.165) is 0 Å². The molecule has 0 aliphatic carbocycles. The molecule has 0 atom stereocenters. The lowest BCUT2D eigenvalue weighted by Crippen LogP contribution is -2.40. The molecule has 1 aromatic heterocycles. The largest absolute Gasteiger partial charge is 0.452 e. The van der Waals surface area contributed by atoms with Crippen LogP contribution in [0.15, 0.2) is 27.9 Å². The van der Waals surface area contributed by atoms with Crippen molar-refractivity contribution in [3.8, 4) is 0 Å². The quantitative estimate of drug-likeness (QED) is 0.800. The summed E-state index contributed by atoms with van der Waals surface area (Å²) >= 11 is 0. The van der Waals surface area contributed by atoms with Gasteiger partial charge in [0.25, 0.3) is 15.9 Å². The van der Waals surface area contributed by atoms with Crippen molar-refractivity contribution in [2.24, 2.45) is 0 Å². The predicted octanol–water partition coefficient (Wildman–Crippen LogP) is 0.936. The van der Waals surface area contributed by atoms with Crippen LogP contribution < -0.4 is 0 Å². The molecule has 8 heteroatoms. The van der Waals surface area contributed by atoms with Crippen molar-refractivity contribution in [2.75, 3.05) is 26.3 Å². The van der Waals surface area contributed by atoms with Gasteiger partial charge in [-0.3, -0.25) is 0 Å². The van der Waals surface area contributed by atoms with Crippen LogP contribution in [0.25, 0.3) is 0 Å². The fourth-order valence-electron chi connectivity index (χ4n) is 1.51. The van der Waals surface area contributed by atoms with Crippen LogP contribution in [0, 0.1) is 0 Å². The van der Waals surface area contributed by atoms with Crippen molar-refractivity contribution in [3.63, 3.8) is 0 Å². The highest BCUT2D eigenvalue weighted by atomic mass is 32.2. The molecule has 2 rings (SSSR count). The van der Waals surface area contributed by atoms with Crippen molar-refractivity contribution in [1.82, 2.24) is 4.31 Å². The first kappa shape index (κ1) is 12.5. The maximum Gasteiger partial charge on any atom is 0.284 e. The normalized spacial score (nSPS) is 22.2. The molecule has 5 nitrogen and oxygen atoms in total. The van der Waals surface area contributed by atoms with Crippen LogP contribution in [0.5, 0.6) is 0 Å². The first-order valence-electron chi connectivity index (χ1n) is 4.91. The lowest BCUT2D eigenvalue weighted by molar-refractivity contribution is -0.0631. The monoisotopic (exact) mass is 267 g/mol. The summed E-state index contributed by atoms with van der Waals surface area (Å²) in [6.45, 7) is -1.83. The van der Waals surface area contributed by atoms with E-state index in [1.807, 2.05) is 0 Å². The molecular formula is C9H11F2NO4S. The second-order valence-electron chi connectivity index (χ2n) is 3.68. The zero-order chi connectivity index (χ0) is 12.5. The second-order valence-corrected chi connectivity index (χ2v) is 5.55. The molecule has 0 bridgehead atoms. The lowest BCUT2D eigenvalue weighted by Gasteiger charge is -2.21. The fourth-order valence-corrected chi connectivity index (χ4v) is 2.87. The molecule has 1 saturated heterocycles. The third-order valence-corrected chi connectivity index (χ3v) is 4.03. The Bertz CT molecular complexity index is 471. The van der Waals surface area contributed by atoms with Gasteiger partial charge < -0.3 is 9.15 Å². The molecule has 0 amide bonds. The Morgan fingerprint density at radius 1 is 1.41 bits per heavy atom. The number of rotatable bonds is 2. The van der Waals surface area contributed by atoms with Crippen LogP contribution in [-0.4, -0.2) is 44.9 Å². The van der Waals surface area contributed by atoms with Gasteiger partial charge in [0.15, 0.2) is 0 Å². The molecule has 0 spiro atoms. The minimum Gasteiger partial charge on any atom is -0.452 e. The van der Waals surface area contributed by atoms with Gasteiger partial charge in [-0.05, 0) is 12.1 Å². The summed E-state index contributed by atoms with van der Waals surface area (Å²) in [5.74, 6) is -3.18. The highest BCUT2D eigenvalue weighted by Gasteiger charge is 2.40. The van der Waals surface area contributed by atoms with Crippen molar-refractivity contribution < 1.29 is 26.4 Å². The average Bonchev–Trinajstić information content (AvgIpc) is 2.70. The highest BCUT2D eigenvalue weighted by molar-refractivity contribution is 7.89. The zero-order valence-electron chi connectivity index (χ0n) is 8.80. The van der Waals surface area contributed by atoms with Crippen LogP contribution in [0.2, 0.25) is 0 Å². The molecule has 1 aliphatic rings. The van der Waals surface area contributed by atoms with Gasteiger partial charge in [0, 0.05) is 6.54 Å². The van der Waals surface area contributed by atoms with Crippen LogP contribution >= 0.6 is 0 Å². The average molecular weight is 267 g/mol. The van der Waals surface area contributed by atoms with E-state index in [1.54, 1.807) is 0 Å². The number of nitrogens with zero attached hydrogens (tertiary/aromatic N) is 1. The molecule has 1 aliphatic heterocycles.